The van der Waals surface area contributed by atoms with E-state index in [2.05, 4.69) is 77.7 Å². The number of hydrogen-bond donors (Lipinski definition) is 0. The van der Waals surface area contributed by atoms with Crippen molar-refractivity contribution in [1.82, 2.24) is 4.90 Å². The average molecular weight is 398 g/mol. The third-order valence-electron chi connectivity index (χ3n) is 6.64. The quantitative estimate of drug-likeness (QED) is 0.599. The minimum atomic E-state index is 0.0718. The number of carbonyl (C=O) groups is 1. The van der Waals surface area contributed by atoms with Crippen LogP contribution >= 0.6 is 0 Å². The summed E-state index contributed by atoms with van der Waals surface area (Å²) in [5, 5.41) is 0. The highest BCUT2D eigenvalue weighted by Gasteiger charge is 2.34. The first kappa shape index (κ1) is 18.9. The third-order valence-corrected chi connectivity index (χ3v) is 6.64. The van der Waals surface area contributed by atoms with E-state index >= 15 is 0 Å². The number of amides is 1. The van der Waals surface area contributed by atoms with Crippen LogP contribution in [0.5, 0.6) is 5.75 Å². The number of carbonyl (C=O) groups excluding carboxylic acids is 1. The SMILES string of the molecule is CC(=O)N1CCc2c(ccc3c2CCO3)C1CC(c1ccccc1)c1ccccc1. The second kappa shape index (κ2) is 7.98. The van der Waals surface area contributed by atoms with Gasteiger partial charge in [-0.05, 0) is 41.2 Å². The van der Waals surface area contributed by atoms with Gasteiger partial charge >= 0.3 is 0 Å². The van der Waals surface area contributed by atoms with Crippen molar-refractivity contribution >= 4 is 5.91 Å². The Morgan fingerprint density at radius 1 is 0.933 bits per heavy atom. The van der Waals surface area contributed by atoms with Gasteiger partial charge < -0.3 is 9.64 Å². The lowest BCUT2D eigenvalue weighted by Crippen LogP contribution is -2.39. The standard InChI is InChI=1S/C27H27NO2/c1-19(29)28-16-14-22-23(12-13-27-24(22)15-17-30-27)26(28)18-25(20-8-4-2-5-9-20)21-10-6-3-7-11-21/h2-13,25-26H,14-18H2,1H3. The molecule has 0 saturated carbocycles. The molecule has 0 N–H and O–H groups in total. The monoisotopic (exact) mass is 397 g/mol. The van der Waals surface area contributed by atoms with Gasteiger partial charge in [0.2, 0.25) is 5.91 Å². The van der Waals surface area contributed by atoms with Crippen molar-refractivity contribution in [2.24, 2.45) is 0 Å². The molecule has 2 aliphatic rings. The second-order valence-electron chi connectivity index (χ2n) is 8.30. The van der Waals surface area contributed by atoms with Crippen molar-refractivity contribution in [3.63, 3.8) is 0 Å². The van der Waals surface area contributed by atoms with Crippen molar-refractivity contribution in [2.75, 3.05) is 13.2 Å². The van der Waals surface area contributed by atoms with Crippen LogP contribution in [0.3, 0.4) is 0 Å². The molecular formula is C27H27NO2. The fourth-order valence-electron chi connectivity index (χ4n) is 5.22. The van der Waals surface area contributed by atoms with E-state index in [9.17, 15) is 4.79 Å². The number of rotatable bonds is 4. The summed E-state index contributed by atoms with van der Waals surface area (Å²) >= 11 is 0. The number of nitrogens with zero attached hydrogens (tertiary/aromatic N) is 1. The van der Waals surface area contributed by atoms with Crippen LogP contribution in [0.25, 0.3) is 0 Å². The van der Waals surface area contributed by atoms with E-state index in [1.165, 1.54) is 27.8 Å². The zero-order valence-electron chi connectivity index (χ0n) is 17.4. The maximum Gasteiger partial charge on any atom is 0.219 e. The van der Waals surface area contributed by atoms with Gasteiger partial charge in [-0.15, -0.1) is 0 Å². The molecule has 3 aromatic carbocycles. The van der Waals surface area contributed by atoms with E-state index < -0.39 is 0 Å². The molecule has 30 heavy (non-hydrogen) atoms. The molecule has 3 heteroatoms. The molecular weight excluding hydrogens is 370 g/mol. The average Bonchev–Trinajstić information content (AvgIpc) is 3.27. The van der Waals surface area contributed by atoms with Crippen LogP contribution in [-0.4, -0.2) is 24.0 Å². The molecule has 152 valence electrons. The molecule has 0 fully saturated rings. The minimum Gasteiger partial charge on any atom is -0.493 e. The summed E-state index contributed by atoms with van der Waals surface area (Å²) in [7, 11) is 0. The Morgan fingerprint density at radius 3 is 2.23 bits per heavy atom. The molecule has 1 amide bonds. The first-order chi connectivity index (χ1) is 14.7. The van der Waals surface area contributed by atoms with E-state index in [1.807, 2.05) is 0 Å². The van der Waals surface area contributed by atoms with Gasteiger partial charge in [-0.1, -0.05) is 66.7 Å². The lowest BCUT2D eigenvalue weighted by atomic mass is 9.79. The fraction of sp³-hybridized carbons (Fsp3) is 0.296. The largest absolute Gasteiger partial charge is 0.493 e. The Labute approximate surface area is 178 Å². The Balaban J connectivity index is 1.59. The van der Waals surface area contributed by atoms with Crippen LogP contribution in [0.15, 0.2) is 72.8 Å². The second-order valence-corrected chi connectivity index (χ2v) is 8.30. The van der Waals surface area contributed by atoms with E-state index in [4.69, 9.17) is 4.74 Å². The summed E-state index contributed by atoms with van der Waals surface area (Å²) in [5.41, 5.74) is 6.66. The Bertz CT molecular complexity index is 1010. The van der Waals surface area contributed by atoms with Crippen molar-refractivity contribution in [1.29, 1.82) is 0 Å². The summed E-state index contributed by atoms with van der Waals surface area (Å²) in [4.78, 5) is 14.7. The Morgan fingerprint density at radius 2 is 1.60 bits per heavy atom. The smallest absolute Gasteiger partial charge is 0.219 e. The highest BCUT2D eigenvalue weighted by atomic mass is 16.5. The molecule has 0 spiro atoms. The number of fused-ring (bicyclic) bond motifs is 3. The van der Waals surface area contributed by atoms with Gasteiger partial charge in [-0.3, -0.25) is 4.79 Å². The number of hydrogen-bond acceptors (Lipinski definition) is 2. The van der Waals surface area contributed by atoms with E-state index in [1.54, 1.807) is 6.92 Å². The van der Waals surface area contributed by atoms with Crippen LogP contribution < -0.4 is 4.74 Å². The predicted molar refractivity (Wildman–Crippen MR) is 119 cm³/mol. The van der Waals surface area contributed by atoms with Gasteiger partial charge in [-0.25, -0.2) is 0 Å². The first-order valence-electron chi connectivity index (χ1n) is 10.9. The number of benzene rings is 3. The van der Waals surface area contributed by atoms with E-state index in [0.717, 1.165) is 38.2 Å². The summed E-state index contributed by atoms with van der Waals surface area (Å²) in [6.07, 6.45) is 2.77. The molecule has 1 atom stereocenters. The lowest BCUT2D eigenvalue weighted by molar-refractivity contribution is -0.131. The molecule has 5 rings (SSSR count). The first-order valence-corrected chi connectivity index (χ1v) is 10.9. The molecule has 0 aliphatic carbocycles. The summed E-state index contributed by atoms with van der Waals surface area (Å²) < 4.78 is 5.81. The van der Waals surface area contributed by atoms with Crippen LogP contribution in [0.1, 0.15) is 53.1 Å². The maximum absolute atomic E-state index is 12.6. The highest BCUT2D eigenvalue weighted by Crippen LogP contribution is 2.43. The zero-order valence-corrected chi connectivity index (χ0v) is 17.4. The third kappa shape index (κ3) is 3.39. The molecule has 0 bridgehead atoms. The summed E-state index contributed by atoms with van der Waals surface area (Å²) in [6, 6.07) is 25.7. The highest BCUT2D eigenvalue weighted by molar-refractivity contribution is 5.74. The van der Waals surface area contributed by atoms with Gasteiger partial charge in [-0.2, -0.15) is 0 Å². The summed E-state index contributed by atoms with van der Waals surface area (Å²) in [5.74, 6) is 1.42. The molecule has 0 saturated heterocycles. The lowest BCUT2D eigenvalue weighted by Gasteiger charge is -2.39. The van der Waals surface area contributed by atoms with Crippen molar-refractivity contribution < 1.29 is 9.53 Å². The van der Waals surface area contributed by atoms with Crippen molar-refractivity contribution in [3.05, 3.63) is 101 Å². The van der Waals surface area contributed by atoms with Gasteiger partial charge in [0, 0.05) is 31.4 Å². The normalized spacial score (nSPS) is 17.4. The van der Waals surface area contributed by atoms with E-state index in [-0.39, 0.29) is 17.9 Å². The number of ether oxygens (including phenoxy) is 1. The van der Waals surface area contributed by atoms with Gasteiger partial charge in [0.1, 0.15) is 5.75 Å². The van der Waals surface area contributed by atoms with Gasteiger partial charge in [0.15, 0.2) is 0 Å². The maximum atomic E-state index is 12.6. The molecule has 3 aromatic rings. The molecule has 0 radical (unpaired) electrons. The topological polar surface area (TPSA) is 29.5 Å². The Hall–Kier alpha value is -3.07. The Kier molecular flexibility index (Phi) is 5.04. The van der Waals surface area contributed by atoms with Crippen molar-refractivity contribution in [2.45, 2.75) is 38.1 Å². The van der Waals surface area contributed by atoms with Gasteiger partial charge in [0.05, 0.1) is 12.6 Å². The summed E-state index contributed by atoms with van der Waals surface area (Å²) in [6.45, 7) is 3.25. The molecule has 0 aromatic heterocycles. The zero-order chi connectivity index (χ0) is 20.5. The molecule has 3 nitrogen and oxygen atoms in total. The minimum absolute atomic E-state index is 0.0718. The van der Waals surface area contributed by atoms with E-state index in [0.29, 0.717) is 0 Å². The predicted octanol–water partition coefficient (Wildman–Crippen LogP) is 5.29. The molecule has 2 aliphatic heterocycles. The van der Waals surface area contributed by atoms with Crippen molar-refractivity contribution in [3.8, 4) is 5.75 Å². The molecule has 2 heterocycles. The molecule has 1 unspecified atom stereocenters. The van der Waals surface area contributed by atoms with Crippen LogP contribution in [0.4, 0.5) is 0 Å². The van der Waals surface area contributed by atoms with Gasteiger partial charge in [0.25, 0.3) is 0 Å². The van der Waals surface area contributed by atoms with Crippen LogP contribution in [0, 0.1) is 0 Å². The van der Waals surface area contributed by atoms with Crippen LogP contribution in [0.2, 0.25) is 0 Å². The van der Waals surface area contributed by atoms with Crippen LogP contribution in [-0.2, 0) is 17.6 Å². The fourth-order valence-corrected chi connectivity index (χ4v) is 5.22.